The third kappa shape index (κ3) is 4.05. The van der Waals surface area contributed by atoms with E-state index in [2.05, 4.69) is 27.7 Å². The largest absolute Gasteiger partial charge is 0.321 e. The van der Waals surface area contributed by atoms with Crippen LogP contribution in [-0.2, 0) is 10.0 Å². The van der Waals surface area contributed by atoms with Crippen LogP contribution in [0, 0.1) is 5.53 Å². The van der Waals surface area contributed by atoms with Crippen molar-refractivity contribution in [2.45, 2.75) is 23.7 Å². The molecule has 0 aromatic heterocycles. The highest BCUT2D eigenvalue weighted by molar-refractivity contribution is 7.89. The molecule has 1 heterocycles. The Morgan fingerprint density at radius 1 is 1.11 bits per heavy atom. The van der Waals surface area contributed by atoms with Gasteiger partial charge in [-0.25, -0.2) is 19.1 Å². The van der Waals surface area contributed by atoms with E-state index in [1.165, 1.54) is 11.6 Å². The van der Waals surface area contributed by atoms with Crippen LogP contribution in [0.1, 0.15) is 29.9 Å². The second kappa shape index (κ2) is 7.95. The number of piperidine rings is 1. The van der Waals surface area contributed by atoms with Gasteiger partial charge >= 0.3 is 0 Å². The molecule has 6 N–H and O–H groups in total. The smallest absolute Gasteiger partial charge is 0.238 e. The van der Waals surface area contributed by atoms with Crippen LogP contribution in [-0.4, -0.2) is 27.3 Å². The molecule has 0 saturated carbocycles. The summed E-state index contributed by atoms with van der Waals surface area (Å²) in [5.74, 6) is 5.65. The standard InChI is InChI=1S/C18H22N6O2S/c19-23-18(24-20)17-15(2-1-3-16(17)27(21,25)26)14-6-4-12(5-7-14)13-8-10-22-11-9-13/h1-7,13,19,22H,8-11,20H2,(H2,21,25,26)/b23-19?,24-18-. The first kappa shape index (κ1) is 19.2. The molecule has 0 atom stereocenters. The highest BCUT2D eigenvalue weighted by atomic mass is 32.2. The first-order chi connectivity index (χ1) is 13.0. The number of nitrogens with zero attached hydrogens (tertiary/aromatic N) is 2. The van der Waals surface area contributed by atoms with E-state index < -0.39 is 10.0 Å². The van der Waals surface area contributed by atoms with Crippen LogP contribution >= 0.6 is 0 Å². The van der Waals surface area contributed by atoms with Gasteiger partial charge in [0.25, 0.3) is 0 Å². The van der Waals surface area contributed by atoms with E-state index in [4.69, 9.17) is 16.5 Å². The second-order valence-electron chi connectivity index (χ2n) is 6.43. The molecule has 1 saturated heterocycles. The highest BCUT2D eigenvalue weighted by Crippen LogP contribution is 2.32. The van der Waals surface area contributed by atoms with Crippen molar-refractivity contribution in [2.75, 3.05) is 13.1 Å². The van der Waals surface area contributed by atoms with Crippen LogP contribution < -0.4 is 16.3 Å². The Balaban J connectivity index is 2.09. The van der Waals surface area contributed by atoms with Crippen molar-refractivity contribution < 1.29 is 8.42 Å². The summed E-state index contributed by atoms with van der Waals surface area (Å²) in [5, 5.41) is 15.4. The molecule has 2 aromatic carbocycles. The summed E-state index contributed by atoms with van der Waals surface area (Å²) in [6.07, 6.45) is 2.18. The molecule has 1 aliphatic rings. The van der Waals surface area contributed by atoms with Crippen molar-refractivity contribution >= 4 is 15.9 Å². The van der Waals surface area contributed by atoms with Crippen LogP contribution in [0.4, 0.5) is 0 Å². The zero-order chi connectivity index (χ0) is 19.4. The zero-order valence-corrected chi connectivity index (χ0v) is 15.5. The van der Waals surface area contributed by atoms with Crippen LogP contribution in [0.5, 0.6) is 0 Å². The van der Waals surface area contributed by atoms with E-state index >= 15 is 0 Å². The number of hydrazone groups is 1. The van der Waals surface area contributed by atoms with Crippen LogP contribution in [0.25, 0.3) is 11.1 Å². The van der Waals surface area contributed by atoms with Gasteiger partial charge in [0.2, 0.25) is 15.9 Å². The van der Waals surface area contributed by atoms with Gasteiger partial charge < -0.3 is 11.2 Å². The second-order valence-corrected chi connectivity index (χ2v) is 7.96. The Morgan fingerprint density at radius 3 is 2.33 bits per heavy atom. The summed E-state index contributed by atoms with van der Waals surface area (Å²) in [4.78, 5) is -0.164. The van der Waals surface area contributed by atoms with Crippen molar-refractivity contribution in [2.24, 2.45) is 21.2 Å². The summed E-state index contributed by atoms with van der Waals surface area (Å²) in [7, 11) is -4.04. The van der Waals surface area contributed by atoms with Crippen LogP contribution in [0.15, 0.2) is 57.6 Å². The van der Waals surface area contributed by atoms with Crippen molar-refractivity contribution in [3.8, 4) is 11.1 Å². The third-order valence-electron chi connectivity index (χ3n) is 4.82. The molecular formula is C18H22N6O2S. The number of rotatable bonds is 4. The first-order valence-electron chi connectivity index (χ1n) is 8.58. The van der Waals surface area contributed by atoms with E-state index in [9.17, 15) is 8.42 Å². The van der Waals surface area contributed by atoms with E-state index in [-0.39, 0.29) is 16.3 Å². The number of hydrogen-bond donors (Lipinski definition) is 4. The van der Waals surface area contributed by atoms with Gasteiger partial charge in [0.1, 0.15) is 0 Å². The molecule has 8 nitrogen and oxygen atoms in total. The number of amidine groups is 1. The maximum absolute atomic E-state index is 12.0. The lowest BCUT2D eigenvalue weighted by Gasteiger charge is -2.23. The van der Waals surface area contributed by atoms with Gasteiger partial charge in [-0.3, -0.25) is 0 Å². The zero-order valence-electron chi connectivity index (χ0n) is 14.7. The summed E-state index contributed by atoms with van der Waals surface area (Å²) >= 11 is 0. The van der Waals surface area contributed by atoms with E-state index in [0.29, 0.717) is 11.5 Å². The average molecular weight is 386 g/mol. The molecule has 27 heavy (non-hydrogen) atoms. The van der Waals surface area contributed by atoms with Gasteiger partial charge in [0, 0.05) is 0 Å². The SMILES string of the molecule is N=N/C(=N\N)c1c(-c2ccc(C3CCNCC3)cc2)cccc1S(N)(=O)=O. The predicted octanol–water partition coefficient (Wildman–Crippen LogP) is 2.12. The summed E-state index contributed by atoms with van der Waals surface area (Å²) in [6, 6.07) is 12.7. The lowest BCUT2D eigenvalue weighted by Crippen LogP contribution is -2.26. The molecule has 0 aliphatic carbocycles. The molecule has 3 rings (SSSR count). The molecule has 0 radical (unpaired) electrons. The van der Waals surface area contributed by atoms with E-state index in [0.717, 1.165) is 31.5 Å². The molecule has 0 bridgehead atoms. The van der Waals surface area contributed by atoms with Gasteiger partial charge in [-0.1, -0.05) is 36.4 Å². The maximum atomic E-state index is 12.0. The predicted molar refractivity (Wildman–Crippen MR) is 104 cm³/mol. The van der Waals surface area contributed by atoms with E-state index in [1.54, 1.807) is 12.1 Å². The molecule has 1 fully saturated rings. The normalized spacial score (nSPS) is 16.3. The molecule has 2 aromatic rings. The van der Waals surface area contributed by atoms with Crippen LogP contribution in [0.2, 0.25) is 0 Å². The number of benzene rings is 2. The van der Waals surface area contributed by atoms with Crippen molar-refractivity contribution in [3.05, 3.63) is 53.6 Å². The minimum atomic E-state index is -4.04. The highest BCUT2D eigenvalue weighted by Gasteiger charge is 2.22. The monoisotopic (exact) mass is 386 g/mol. The minimum Gasteiger partial charge on any atom is -0.321 e. The molecule has 1 aliphatic heterocycles. The summed E-state index contributed by atoms with van der Waals surface area (Å²) < 4.78 is 24.0. The molecule has 142 valence electrons. The van der Waals surface area contributed by atoms with Gasteiger partial charge in [-0.2, -0.15) is 5.10 Å². The number of nitrogens with one attached hydrogen (secondary N) is 2. The summed E-state index contributed by atoms with van der Waals surface area (Å²) in [5.41, 5.74) is 10.0. The number of hydrogen-bond acceptors (Lipinski definition) is 6. The minimum absolute atomic E-state index is 0.132. The summed E-state index contributed by atoms with van der Waals surface area (Å²) in [6.45, 7) is 2.02. The molecule has 0 spiro atoms. The van der Waals surface area contributed by atoms with Gasteiger partial charge in [0.05, 0.1) is 10.5 Å². The Morgan fingerprint density at radius 2 is 1.78 bits per heavy atom. The molecule has 0 unspecified atom stereocenters. The molecule has 0 amide bonds. The van der Waals surface area contributed by atoms with Gasteiger partial charge in [-0.05, 0) is 54.6 Å². The Labute approximate surface area is 158 Å². The lowest BCUT2D eigenvalue weighted by molar-refractivity contribution is 0.460. The van der Waals surface area contributed by atoms with Crippen molar-refractivity contribution in [3.63, 3.8) is 0 Å². The van der Waals surface area contributed by atoms with Crippen molar-refractivity contribution in [1.29, 1.82) is 5.53 Å². The Kier molecular flexibility index (Phi) is 5.64. The Hall–Kier alpha value is -2.62. The molecule has 9 heteroatoms. The fourth-order valence-corrected chi connectivity index (χ4v) is 4.23. The quantitative estimate of drug-likeness (QED) is 0.209. The van der Waals surface area contributed by atoms with Crippen LogP contribution in [0.3, 0.4) is 0 Å². The van der Waals surface area contributed by atoms with Crippen molar-refractivity contribution in [1.82, 2.24) is 5.32 Å². The third-order valence-corrected chi connectivity index (χ3v) is 5.77. The average Bonchev–Trinajstić information content (AvgIpc) is 2.69. The fraction of sp³-hybridized carbons (Fsp3) is 0.278. The number of sulfonamides is 1. The fourth-order valence-electron chi connectivity index (χ4n) is 3.48. The number of primary sulfonamides is 1. The maximum Gasteiger partial charge on any atom is 0.238 e. The topological polar surface area (TPSA) is 147 Å². The van der Waals surface area contributed by atoms with E-state index in [1.807, 2.05) is 12.1 Å². The first-order valence-corrected chi connectivity index (χ1v) is 10.1. The van der Waals surface area contributed by atoms with Gasteiger partial charge in [0.15, 0.2) is 0 Å². The Bertz CT molecular complexity index is 964. The number of nitrogens with two attached hydrogens (primary N) is 2. The van der Waals surface area contributed by atoms with Gasteiger partial charge in [-0.15, -0.1) is 5.11 Å². The molecular weight excluding hydrogens is 364 g/mol. The lowest BCUT2D eigenvalue weighted by atomic mass is 9.89.